The first-order valence-corrected chi connectivity index (χ1v) is 12.3. The van der Waals surface area contributed by atoms with Gasteiger partial charge in [-0.25, -0.2) is 5.32 Å². The first-order chi connectivity index (χ1) is 16.2. The fourth-order valence-corrected chi connectivity index (χ4v) is 4.67. The van der Waals surface area contributed by atoms with Crippen LogP contribution in [0.2, 0.25) is 0 Å². The minimum atomic E-state index is -0.339. The lowest BCUT2D eigenvalue weighted by Gasteiger charge is -2.43. The molecule has 3 fully saturated rings. The van der Waals surface area contributed by atoms with Crippen molar-refractivity contribution >= 4 is 5.69 Å². The third-order valence-corrected chi connectivity index (χ3v) is 6.82. The number of aryl methyl sites for hydroxylation is 1. The van der Waals surface area contributed by atoms with Crippen LogP contribution in [0.25, 0.3) is 0 Å². The molecule has 0 amide bonds. The highest BCUT2D eigenvalue weighted by molar-refractivity contribution is 5.48. The van der Waals surface area contributed by atoms with Crippen molar-refractivity contribution in [3.05, 3.63) is 65.2 Å². The molecular weight excluding hydrogens is 416 g/mol. The Morgan fingerprint density at radius 3 is 1.82 bits per heavy atom. The van der Waals surface area contributed by atoms with Crippen LogP contribution in [0.15, 0.2) is 48.5 Å². The third kappa shape index (κ3) is 5.42. The Hall–Kier alpha value is -1.96. The molecule has 2 aromatic carbocycles. The van der Waals surface area contributed by atoms with Crippen molar-refractivity contribution in [1.82, 2.24) is 5.32 Å². The molecule has 0 saturated carbocycles. The smallest absolute Gasteiger partial charge is 0.183 e. The largest absolute Gasteiger partial charge is 0.369 e. The minimum Gasteiger partial charge on any atom is -0.369 e. The molecule has 0 aromatic heterocycles. The number of ether oxygens (including phenoxy) is 4. The Kier molecular flexibility index (Phi) is 7.28. The average Bonchev–Trinajstić information content (AvgIpc) is 2.89. The fraction of sp³-hybridized carbons (Fsp3) is 0.556. The number of hydrogen-bond acceptors (Lipinski definition) is 5. The van der Waals surface area contributed by atoms with Gasteiger partial charge in [-0.3, -0.25) is 0 Å². The number of unbranched alkanes of at least 4 members (excludes halogenated alkanes) is 1. The predicted octanol–water partition coefficient (Wildman–Crippen LogP) is 4.23. The highest BCUT2D eigenvalue weighted by Crippen LogP contribution is 2.38. The van der Waals surface area contributed by atoms with E-state index < -0.39 is 0 Å². The molecule has 3 saturated heterocycles. The van der Waals surface area contributed by atoms with Crippen molar-refractivity contribution < 1.29 is 18.9 Å². The second-order valence-electron chi connectivity index (χ2n) is 9.50. The zero-order valence-corrected chi connectivity index (χ0v) is 19.6. The van der Waals surface area contributed by atoms with E-state index in [9.17, 15) is 0 Å². The molecule has 1 spiro atoms. The van der Waals surface area contributed by atoms with E-state index >= 15 is 0 Å². The molecule has 33 heavy (non-hydrogen) atoms. The molecule has 6 nitrogen and oxygen atoms in total. The summed E-state index contributed by atoms with van der Waals surface area (Å²) in [6, 6.07) is 17.2. The number of rotatable bonds is 6. The lowest BCUT2D eigenvalue weighted by atomic mass is 9.90. The first-order valence-electron chi connectivity index (χ1n) is 12.3. The minimum absolute atomic E-state index is 0.245. The quantitative estimate of drug-likeness (QED) is 0.658. The van der Waals surface area contributed by atoms with Gasteiger partial charge < -0.3 is 23.8 Å². The van der Waals surface area contributed by atoms with Gasteiger partial charge in [0.25, 0.3) is 0 Å². The molecule has 0 N–H and O–H groups in total. The van der Waals surface area contributed by atoms with E-state index in [2.05, 4.69) is 65.7 Å². The summed E-state index contributed by atoms with van der Waals surface area (Å²) in [7, 11) is 0. The van der Waals surface area contributed by atoms with E-state index in [1.54, 1.807) is 0 Å². The monoisotopic (exact) mass is 451 g/mol. The molecule has 6 heteroatoms. The normalized spacial score (nSPS) is 28.2. The molecule has 0 aliphatic carbocycles. The number of nitrogens with zero attached hydrogens (tertiary/aromatic N) is 2. The van der Waals surface area contributed by atoms with Gasteiger partial charge >= 0.3 is 0 Å². The summed E-state index contributed by atoms with van der Waals surface area (Å²) in [6.45, 7) is 8.29. The van der Waals surface area contributed by atoms with Crippen molar-refractivity contribution in [3.8, 4) is 0 Å². The number of anilines is 1. The Morgan fingerprint density at radius 2 is 1.30 bits per heavy atom. The van der Waals surface area contributed by atoms with Crippen molar-refractivity contribution in [2.75, 3.05) is 57.5 Å². The van der Waals surface area contributed by atoms with Gasteiger partial charge in [-0.1, -0.05) is 49.7 Å². The van der Waals surface area contributed by atoms with E-state index in [0.717, 1.165) is 43.7 Å². The summed E-state index contributed by atoms with van der Waals surface area (Å²) >= 11 is 0. The highest BCUT2D eigenvalue weighted by Gasteiger charge is 2.42. The van der Waals surface area contributed by atoms with Crippen molar-refractivity contribution in [2.24, 2.45) is 5.41 Å². The topological polar surface area (TPSA) is 54.3 Å². The van der Waals surface area contributed by atoms with Crippen molar-refractivity contribution in [2.45, 2.75) is 38.8 Å². The maximum atomic E-state index is 6.13. The summed E-state index contributed by atoms with van der Waals surface area (Å²) in [5.41, 5.74) is 4.48. The van der Waals surface area contributed by atoms with Crippen molar-refractivity contribution in [1.29, 1.82) is 0 Å². The van der Waals surface area contributed by atoms with Crippen LogP contribution in [0.4, 0.5) is 5.69 Å². The molecule has 177 valence electrons. The molecule has 1 radical (unpaired) electrons. The highest BCUT2D eigenvalue weighted by atomic mass is 16.7. The standard InChI is InChI=1S/C27H35N2O4/c1-2-3-4-21-5-7-22(8-6-21)25-30-17-27(18-31-25)19-32-26(33-20-27)23-9-11-24(12-10-23)29-15-13-28-14-16-29/h5-12,25-26H,2-4,13-20H2,1H3. The molecule has 3 heterocycles. The van der Waals surface area contributed by atoms with Gasteiger partial charge in [0.15, 0.2) is 12.6 Å². The van der Waals surface area contributed by atoms with Gasteiger partial charge in [0.2, 0.25) is 0 Å². The third-order valence-electron chi connectivity index (χ3n) is 6.82. The van der Waals surface area contributed by atoms with Gasteiger partial charge in [-0.15, -0.1) is 0 Å². The van der Waals surface area contributed by atoms with E-state index in [4.69, 9.17) is 18.9 Å². The molecule has 3 aliphatic heterocycles. The van der Waals surface area contributed by atoms with Gasteiger partial charge in [-0.2, -0.15) is 0 Å². The van der Waals surface area contributed by atoms with Crippen LogP contribution in [0.5, 0.6) is 0 Å². The summed E-state index contributed by atoms with van der Waals surface area (Å²) in [5.74, 6) is 0. The van der Waals surface area contributed by atoms with Gasteiger partial charge in [0.1, 0.15) is 0 Å². The summed E-state index contributed by atoms with van der Waals surface area (Å²) in [4.78, 5) is 2.38. The van der Waals surface area contributed by atoms with E-state index in [-0.39, 0.29) is 18.0 Å². The molecule has 0 atom stereocenters. The van der Waals surface area contributed by atoms with Gasteiger partial charge in [-0.05, 0) is 30.5 Å². The van der Waals surface area contributed by atoms with Crippen LogP contribution in [0, 0.1) is 5.41 Å². The molecule has 0 unspecified atom stereocenters. The van der Waals surface area contributed by atoms with Gasteiger partial charge in [0.05, 0.1) is 31.8 Å². The van der Waals surface area contributed by atoms with E-state index in [0.29, 0.717) is 26.4 Å². The predicted molar refractivity (Wildman–Crippen MR) is 127 cm³/mol. The molecule has 2 aromatic rings. The number of hydrogen-bond donors (Lipinski definition) is 0. The molecule has 0 bridgehead atoms. The van der Waals surface area contributed by atoms with Crippen LogP contribution < -0.4 is 10.2 Å². The average molecular weight is 452 g/mol. The number of benzene rings is 2. The Bertz CT molecular complexity index is 862. The van der Waals surface area contributed by atoms with E-state index in [1.807, 2.05) is 0 Å². The molecule has 5 rings (SSSR count). The van der Waals surface area contributed by atoms with Crippen LogP contribution >= 0.6 is 0 Å². The Labute approximate surface area is 197 Å². The molecular formula is C27H35N2O4. The molecule has 3 aliphatic rings. The SMILES string of the molecule is CCCCc1ccc(C2OCC3(CO2)COC(c2ccc(N4CC[N]CC4)cc2)OC3)cc1. The Balaban J connectivity index is 1.11. The maximum Gasteiger partial charge on any atom is 0.183 e. The van der Waals surface area contributed by atoms with Crippen LogP contribution in [0.1, 0.15) is 49.0 Å². The van der Waals surface area contributed by atoms with Crippen LogP contribution in [0.3, 0.4) is 0 Å². The maximum absolute atomic E-state index is 6.13. The first kappa shape index (κ1) is 22.8. The second kappa shape index (κ2) is 10.5. The number of piperazine rings is 1. The zero-order valence-electron chi connectivity index (χ0n) is 19.6. The summed E-state index contributed by atoms with van der Waals surface area (Å²) in [6.07, 6.45) is 2.90. The zero-order chi connectivity index (χ0) is 22.5. The Morgan fingerprint density at radius 1 is 0.788 bits per heavy atom. The summed E-state index contributed by atoms with van der Waals surface area (Å²) < 4.78 is 24.5. The lowest BCUT2D eigenvalue weighted by molar-refractivity contribution is -0.307. The van der Waals surface area contributed by atoms with Crippen LogP contribution in [-0.4, -0.2) is 52.6 Å². The fourth-order valence-electron chi connectivity index (χ4n) is 4.67. The van der Waals surface area contributed by atoms with E-state index in [1.165, 1.54) is 24.1 Å². The lowest BCUT2D eigenvalue weighted by Crippen LogP contribution is -2.49. The second-order valence-corrected chi connectivity index (χ2v) is 9.50. The van der Waals surface area contributed by atoms with Crippen molar-refractivity contribution in [3.63, 3.8) is 0 Å². The van der Waals surface area contributed by atoms with Gasteiger partial charge in [0, 0.05) is 43.0 Å². The summed E-state index contributed by atoms with van der Waals surface area (Å²) in [5, 5.41) is 4.42. The van der Waals surface area contributed by atoms with Crippen LogP contribution in [-0.2, 0) is 25.4 Å².